The smallest absolute Gasteiger partial charge is 0.154 e. The molecule has 20 heavy (non-hydrogen) atoms. The molecule has 0 aliphatic rings. The average molecular weight is 275 g/mol. The largest absolute Gasteiger partial charge is 0.370 e. The van der Waals surface area contributed by atoms with Crippen LogP contribution in [0.25, 0.3) is 0 Å². The van der Waals surface area contributed by atoms with Crippen LogP contribution in [0.4, 0.5) is 11.6 Å². The van der Waals surface area contributed by atoms with E-state index in [9.17, 15) is 0 Å². The molecule has 0 aromatic carbocycles. The quantitative estimate of drug-likeness (QED) is 0.838. The number of nitrogens with zero attached hydrogens (tertiary/aromatic N) is 5. The van der Waals surface area contributed by atoms with Crippen molar-refractivity contribution in [3.8, 4) is 0 Å². The van der Waals surface area contributed by atoms with Crippen LogP contribution < -0.4 is 10.6 Å². The van der Waals surface area contributed by atoms with E-state index < -0.39 is 0 Å². The molecular weight excluding hydrogens is 254 g/mol. The van der Waals surface area contributed by atoms with Crippen LogP contribution in [0.5, 0.6) is 0 Å². The zero-order valence-corrected chi connectivity index (χ0v) is 12.4. The first-order valence-corrected chi connectivity index (χ1v) is 6.79. The highest BCUT2D eigenvalue weighted by molar-refractivity contribution is 5.56. The first-order chi connectivity index (χ1) is 9.63. The molecule has 2 N–H and O–H groups in total. The normalized spacial score (nSPS) is 12.2. The highest BCUT2D eigenvalue weighted by atomic mass is 15.3. The number of hydrogen-bond acceptors (Lipinski definition) is 6. The second-order valence-corrected chi connectivity index (χ2v) is 4.79. The fourth-order valence-electron chi connectivity index (χ4n) is 1.97. The summed E-state index contributed by atoms with van der Waals surface area (Å²) in [5.74, 6) is 2.55. The van der Waals surface area contributed by atoms with Crippen molar-refractivity contribution in [1.82, 2.24) is 24.7 Å². The molecule has 1 unspecified atom stereocenters. The van der Waals surface area contributed by atoms with Crippen molar-refractivity contribution in [2.24, 2.45) is 7.05 Å². The number of anilines is 2. The Morgan fingerprint density at radius 1 is 1.30 bits per heavy atom. The highest BCUT2D eigenvalue weighted by Gasteiger charge is 2.14. The lowest BCUT2D eigenvalue weighted by Crippen LogP contribution is -2.15. The van der Waals surface area contributed by atoms with Gasteiger partial charge < -0.3 is 15.2 Å². The molecular formula is C13H21N7. The second-order valence-electron chi connectivity index (χ2n) is 4.79. The van der Waals surface area contributed by atoms with Crippen molar-refractivity contribution < 1.29 is 0 Å². The van der Waals surface area contributed by atoms with Crippen molar-refractivity contribution in [3.05, 3.63) is 24.0 Å². The topological polar surface area (TPSA) is 80.6 Å². The summed E-state index contributed by atoms with van der Waals surface area (Å²) in [5, 5.41) is 14.7. The van der Waals surface area contributed by atoms with E-state index in [1.54, 1.807) is 12.7 Å². The van der Waals surface area contributed by atoms with Gasteiger partial charge in [-0.05, 0) is 20.3 Å². The summed E-state index contributed by atoms with van der Waals surface area (Å²) >= 11 is 0. The molecule has 0 saturated carbocycles. The van der Waals surface area contributed by atoms with Gasteiger partial charge in [0.05, 0.1) is 6.04 Å². The van der Waals surface area contributed by atoms with E-state index in [1.807, 2.05) is 25.5 Å². The number of aryl methyl sites for hydroxylation is 1. The summed E-state index contributed by atoms with van der Waals surface area (Å²) in [5.41, 5.74) is 1.01. The highest BCUT2D eigenvalue weighted by Crippen LogP contribution is 2.22. The van der Waals surface area contributed by atoms with Crippen molar-refractivity contribution in [2.45, 2.75) is 33.2 Å². The fourth-order valence-corrected chi connectivity index (χ4v) is 1.97. The SMILES string of the molecule is CCCNc1ncnc(NC(C)c2nncn2C)c1C. The van der Waals surface area contributed by atoms with Crippen LogP contribution in [0, 0.1) is 6.92 Å². The minimum Gasteiger partial charge on any atom is -0.370 e. The van der Waals surface area contributed by atoms with Gasteiger partial charge >= 0.3 is 0 Å². The molecule has 7 nitrogen and oxygen atoms in total. The minimum absolute atomic E-state index is 0.0233. The summed E-state index contributed by atoms with van der Waals surface area (Å²) in [7, 11) is 1.93. The van der Waals surface area contributed by atoms with Crippen LogP contribution in [0.2, 0.25) is 0 Å². The van der Waals surface area contributed by atoms with Crippen molar-refractivity contribution >= 4 is 11.6 Å². The van der Waals surface area contributed by atoms with Crippen LogP contribution in [0.3, 0.4) is 0 Å². The summed E-state index contributed by atoms with van der Waals surface area (Å²) < 4.78 is 1.89. The maximum Gasteiger partial charge on any atom is 0.154 e. The van der Waals surface area contributed by atoms with Gasteiger partial charge in [0.2, 0.25) is 0 Å². The summed E-state index contributed by atoms with van der Waals surface area (Å²) in [6, 6.07) is 0.0233. The van der Waals surface area contributed by atoms with Crippen LogP contribution in [0.1, 0.15) is 37.7 Å². The maximum absolute atomic E-state index is 4.31. The molecule has 0 bridgehead atoms. The number of nitrogens with one attached hydrogen (secondary N) is 2. The molecule has 1 atom stereocenters. The van der Waals surface area contributed by atoms with E-state index in [1.165, 1.54) is 0 Å². The predicted molar refractivity (Wildman–Crippen MR) is 78.6 cm³/mol. The lowest BCUT2D eigenvalue weighted by molar-refractivity contribution is 0.715. The van der Waals surface area contributed by atoms with E-state index in [0.29, 0.717) is 0 Å². The Bertz CT molecular complexity index is 564. The Labute approximate surface area is 118 Å². The van der Waals surface area contributed by atoms with Crippen LogP contribution in [-0.2, 0) is 7.05 Å². The van der Waals surface area contributed by atoms with Gasteiger partial charge in [0, 0.05) is 19.2 Å². The Morgan fingerprint density at radius 2 is 2.05 bits per heavy atom. The van der Waals surface area contributed by atoms with Gasteiger partial charge in [0.15, 0.2) is 5.82 Å². The Kier molecular flexibility index (Phi) is 4.49. The molecule has 0 amide bonds. The van der Waals surface area contributed by atoms with Gasteiger partial charge in [-0.15, -0.1) is 10.2 Å². The van der Waals surface area contributed by atoms with E-state index in [0.717, 1.165) is 36.0 Å². The van der Waals surface area contributed by atoms with Crippen LogP contribution in [0.15, 0.2) is 12.7 Å². The minimum atomic E-state index is 0.0233. The van der Waals surface area contributed by atoms with Crippen molar-refractivity contribution in [3.63, 3.8) is 0 Å². The van der Waals surface area contributed by atoms with E-state index in [2.05, 4.69) is 37.7 Å². The fraction of sp³-hybridized carbons (Fsp3) is 0.538. The molecule has 108 valence electrons. The van der Waals surface area contributed by atoms with Crippen molar-refractivity contribution in [1.29, 1.82) is 0 Å². The molecule has 2 aromatic heterocycles. The van der Waals surface area contributed by atoms with Gasteiger partial charge in [-0.2, -0.15) is 0 Å². The van der Waals surface area contributed by atoms with E-state index >= 15 is 0 Å². The molecule has 0 aliphatic heterocycles. The molecule has 0 spiro atoms. The molecule has 0 aliphatic carbocycles. The lowest BCUT2D eigenvalue weighted by Gasteiger charge is -2.16. The molecule has 2 heterocycles. The van der Waals surface area contributed by atoms with Gasteiger partial charge in [-0.1, -0.05) is 6.92 Å². The average Bonchev–Trinajstić information content (AvgIpc) is 2.86. The third-order valence-electron chi connectivity index (χ3n) is 3.11. The van der Waals surface area contributed by atoms with Crippen molar-refractivity contribution in [2.75, 3.05) is 17.2 Å². The predicted octanol–water partition coefficient (Wildman–Crippen LogP) is 1.91. The molecule has 0 saturated heterocycles. The molecule has 0 fully saturated rings. The zero-order valence-electron chi connectivity index (χ0n) is 12.4. The zero-order chi connectivity index (χ0) is 14.5. The molecule has 2 rings (SSSR count). The van der Waals surface area contributed by atoms with Crippen LogP contribution in [-0.4, -0.2) is 31.3 Å². The summed E-state index contributed by atoms with van der Waals surface area (Å²) in [6.45, 7) is 7.06. The number of aromatic nitrogens is 5. The van der Waals surface area contributed by atoms with Gasteiger partial charge in [-0.25, -0.2) is 9.97 Å². The lowest BCUT2D eigenvalue weighted by atomic mass is 10.2. The monoisotopic (exact) mass is 275 g/mol. The molecule has 2 aromatic rings. The summed E-state index contributed by atoms with van der Waals surface area (Å²) in [6.07, 6.45) is 4.31. The first-order valence-electron chi connectivity index (χ1n) is 6.79. The van der Waals surface area contributed by atoms with Gasteiger partial charge in [0.1, 0.15) is 24.3 Å². The third kappa shape index (κ3) is 3.04. The van der Waals surface area contributed by atoms with Gasteiger partial charge in [-0.3, -0.25) is 0 Å². The Balaban J connectivity index is 2.15. The molecule has 7 heteroatoms. The maximum atomic E-state index is 4.31. The second kappa shape index (κ2) is 6.31. The molecule has 0 radical (unpaired) electrons. The third-order valence-corrected chi connectivity index (χ3v) is 3.11. The first kappa shape index (κ1) is 14.2. The number of rotatable bonds is 6. The Morgan fingerprint density at radius 3 is 2.70 bits per heavy atom. The number of hydrogen-bond donors (Lipinski definition) is 2. The van der Waals surface area contributed by atoms with Gasteiger partial charge in [0.25, 0.3) is 0 Å². The van der Waals surface area contributed by atoms with E-state index in [-0.39, 0.29) is 6.04 Å². The summed E-state index contributed by atoms with van der Waals surface area (Å²) in [4.78, 5) is 8.58. The van der Waals surface area contributed by atoms with Crippen LogP contribution >= 0.6 is 0 Å². The van der Waals surface area contributed by atoms with E-state index in [4.69, 9.17) is 0 Å². The standard InChI is InChI=1S/C13H21N7/c1-5-6-14-11-9(2)12(16-7-15-11)18-10(3)13-19-17-8-20(13)4/h7-8,10H,5-6H2,1-4H3,(H2,14,15,16,18). The Hall–Kier alpha value is -2.18.